The summed E-state index contributed by atoms with van der Waals surface area (Å²) in [6, 6.07) is 0. The van der Waals surface area contributed by atoms with Gasteiger partial charge in [0.25, 0.3) is 0 Å². The van der Waals surface area contributed by atoms with E-state index < -0.39 is 23.4 Å². The average molecular weight is 833 g/mol. The van der Waals surface area contributed by atoms with Crippen molar-refractivity contribution in [2.24, 2.45) is 46.3 Å². The predicted octanol–water partition coefficient (Wildman–Crippen LogP) is 11.4. The predicted molar refractivity (Wildman–Crippen MR) is 248 cm³/mol. The van der Waals surface area contributed by atoms with Crippen LogP contribution in [0, 0.1) is 46.3 Å². The molecule has 340 valence electrons. The van der Waals surface area contributed by atoms with Crippen LogP contribution in [0.3, 0.4) is 0 Å². The maximum absolute atomic E-state index is 10.3. The van der Waals surface area contributed by atoms with Crippen molar-refractivity contribution in [3.63, 3.8) is 0 Å². The van der Waals surface area contributed by atoms with Crippen LogP contribution in [0.5, 0.6) is 0 Å². The molecule has 0 aromatic rings. The van der Waals surface area contributed by atoms with Gasteiger partial charge in [0.2, 0.25) is 0 Å². The van der Waals surface area contributed by atoms with Crippen LogP contribution < -0.4 is 0 Å². The minimum absolute atomic E-state index is 0.215. The Bertz CT molecular complexity index is 1480. The average Bonchev–Trinajstić information content (AvgIpc) is 3.73. The van der Waals surface area contributed by atoms with Gasteiger partial charge in [0.05, 0.1) is 35.6 Å². The molecular weight excluding hydrogens is 745 g/mol. The molecule has 0 heterocycles. The zero-order valence-corrected chi connectivity index (χ0v) is 39.3. The Morgan fingerprint density at radius 2 is 0.950 bits per heavy atom. The first kappa shape index (κ1) is 49.2. The molecule has 2 unspecified atom stereocenters. The smallest absolute Gasteiger partial charge is 0.0849 e. The first-order chi connectivity index (χ1) is 28.0. The van der Waals surface area contributed by atoms with Gasteiger partial charge in [-0.15, -0.1) is 0 Å². The number of allylic oxidation sites excluding steroid dienone is 8. The molecule has 6 fully saturated rings. The molecule has 0 amide bonds. The van der Waals surface area contributed by atoms with Gasteiger partial charge in [0.1, 0.15) is 0 Å². The molecule has 0 spiro atoms. The van der Waals surface area contributed by atoms with Crippen molar-refractivity contribution in [1.29, 1.82) is 0 Å². The number of fused-ring (bicyclic) bond motifs is 2. The number of hydrogen-bond acceptors (Lipinski definition) is 6. The number of hydrogen-bond donors (Lipinski definition) is 6. The summed E-state index contributed by atoms with van der Waals surface area (Å²) in [5, 5.41) is 60.7. The fourth-order valence-electron chi connectivity index (χ4n) is 13.2. The molecule has 6 heteroatoms. The Kier molecular flexibility index (Phi) is 16.7. The molecular formula is C54H88O6. The van der Waals surface area contributed by atoms with Crippen LogP contribution in [-0.2, 0) is 0 Å². The van der Waals surface area contributed by atoms with Crippen LogP contribution in [0.4, 0.5) is 0 Å². The normalized spacial score (nSPS) is 37.4. The number of aliphatic hydroxyl groups excluding tert-OH is 4. The van der Waals surface area contributed by atoms with Crippen molar-refractivity contribution >= 4 is 0 Å². The molecule has 0 bridgehead atoms. The SMILES string of the molecule is C=C1CC[C@H](O)C/C1=C/C=C1\CCC[C@]2(C)[C@@H]([C@H](C)CCC(O)C(C)(C)O)CC[C@@H]12.C=C1CC[C@H](O)C/C1=C/C=C1\CCC[C@]2(C)[C@@H]([C@H](C)CCC(O)C(C)(C)O)CC[C@@H]12. The van der Waals surface area contributed by atoms with Gasteiger partial charge in [0, 0.05) is 0 Å². The van der Waals surface area contributed by atoms with Gasteiger partial charge in [-0.2, -0.15) is 0 Å². The van der Waals surface area contributed by atoms with E-state index in [0.29, 0.717) is 59.2 Å². The third kappa shape index (κ3) is 11.9. The van der Waals surface area contributed by atoms with Gasteiger partial charge >= 0.3 is 0 Å². The zero-order chi connectivity index (χ0) is 44.2. The Hall–Kier alpha value is -1.80. The van der Waals surface area contributed by atoms with E-state index in [1.807, 2.05) is 0 Å². The summed E-state index contributed by atoms with van der Waals surface area (Å²) in [4.78, 5) is 0. The van der Waals surface area contributed by atoms with Crippen LogP contribution in [0.15, 0.2) is 70.9 Å². The minimum Gasteiger partial charge on any atom is -0.393 e. The molecule has 0 aromatic carbocycles. The van der Waals surface area contributed by atoms with E-state index >= 15 is 0 Å². The van der Waals surface area contributed by atoms with Crippen LogP contribution in [-0.4, -0.2) is 66.3 Å². The lowest BCUT2D eigenvalue weighted by molar-refractivity contribution is -0.0555. The lowest BCUT2D eigenvalue weighted by Crippen LogP contribution is -2.38. The highest BCUT2D eigenvalue weighted by atomic mass is 16.3. The molecule has 12 atom stereocenters. The summed E-state index contributed by atoms with van der Waals surface area (Å²) in [7, 11) is 0. The van der Waals surface area contributed by atoms with E-state index in [-0.39, 0.29) is 12.2 Å². The maximum atomic E-state index is 10.3. The van der Waals surface area contributed by atoms with Crippen molar-refractivity contribution in [2.45, 2.75) is 219 Å². The summed E-state index contributed by atoms with van der Waals surface area (Å²) in [6.45, 7) is 24.9. The standard InChI is InChI=1S/2C27H44O3/c2*1-18-8-12-22(28)17-21(18)11-10-20-7-6-16-27(5)23(13-14-24(20)27)19(2)9-15-25(29)26(3,4)30/h2*10-11,19,22-25,28-30H,1,6-9,12-17H2,2-5H3/b2*20-10+,21-11-/t2*19-,22+,23-,24+,25?,27-/m11/s1. The van der Waals surface area contributed by atoms with E-state index in [0.717, 1.165) is 51.4 Å². The molecule has 0 saturated heterocycles. The van der Waals surface area contributed by atoms with E-state index in [1.54, 1.807) is 38.8 Å². The van der Waals surface area contributed by atoms with E-state index in [1.165, 1.54) is 86.5 Å². The van der Waals surface area contributed by atoms with E-state index in [4.69, 9.17) is 0 Å². The Balaban J connectivity index is 0.000000228. The van der Waals surface area contributed by atoms with Crippen LogP contribution in [0.1, 0.15) is 184 Å². The highest BCUT2D eigenvalue weighted by Gasteiger charge is 2.52. The fraction of sp³-hybridized carbons (Fsp3) is 0.778. The fourth-order valence-corrected chi connectivity index (χ4v) is 13.2. The van der Waals surface area contributed by atoms with E-state index in [9.17, 15) is 30.6 Å². The lowest BCUT2D eigenvalue weighted by Gasteiger charge is -2.44. The van der Waals surface area contributed by atoms with Crippen molar-refractivity contribution < 1.29 is 30.6 Å². The maximum Gasteiger partial charge on any atom is 0.0849 e. The Morgan fingerprint density at radius 3 is 1.30 bits per heavy atom. The lowest BCUT2D eigenvalue weighted by atomic mass is 9.60. The van der Waals surface area contributed by atoms with Gasteiger partial charge in [-0.3, -0.25) is 0 Å². The topological polar surface area (TPSA) is 121 Å². The third-order valence-corrected chi connectivity index (χ3v) is 17.2. The molecule has 60 heavy (non-hydrogen) atoms. The minimum atomic E-state index is -1.02. The van der Waals surface area contributed by atoms with Crippen molar-refractivity contribution in [3.8, 4) is 0 Å². The molecule has 6 aliphatic carbocycles. The molecule has 0 aliphatic heterocycles. The van der Waals surface area contributed by atoms with Crippen molar-refractivity contribution in [2.75, 3.05) is 0 Å². The van der Waals surface area contributed by atoms with E-state index in [2.05, 4.69) is 65.2 Å². The van der Waals surface area contributed by atoms with Crippen molar-refractivity contribution in [1.82, 2.24) is 0 Å². The van der Waals surface area contributed by atoms with Crippen LogP contribution >= 0.6 is 0 Å². The van der Waals surface area contributed by atoms with Crippen molar-refractivity contribution in [3.05, 3.63) is 70.9 Å². The second-order valence-corrected chi connectivity index (χ2v) is 22.5. The summed E-state index contributed by atoms with van der Waals surface area (Å²) < 4.78 is 0. The monoisotopic (exact) mass is 833 g/mol. The quantitative estimate of drug-likeness (QED) is 0.116. The molecule has 6 saturated carbocycles. The summed E-state index contributed by atoms with van der Waals surface area (Å²) in [5.41, 5.74) is 6.67. The van der Waals surface area contributed by atoms with Gasteiger partial charge in [-0.25, -0.2) is 0 Å². The third-order valence-electron chi connectivity index (χ3n) is 17.2. The molecule has 0 aromatic heterocycles. The second-order valence-electron chi connectivity index (χ2n) is 22.5. The first-order valence-corrected chi connectivity index (χ1v) is 24.4. The highest BCUT2D eigenvalue weighted by molar-refractivity contribution is 5.37. The highest BCUT2D eigenvalue weighted by Crippen LogP contribution is 2.61. The summed E-state index contributed by atoms with van der Waals surface area (Å²) in [6.07, 6.45) is 28.3. The second kappa shape index (κ2) is 20.4. The van der Waals surface area contributed by atoms with Gasteiger partial charge in [-0.05, 0) is 214 Å². The van der Waals surface area contributed by atoms with Gasteiger partial charge < -0.3 is 30.6 Å². The van der Waals surface area contributed by atoms with Crippen LogP contribution in [0.25, 0.3) is 0 Å². The number of rotatable bonds is 12. The molecule has 6 aliphatic rings. The number of aliphatic hydroxyl groups is 6. The molecule has 6 rings (SSSR count). The molecule has 0 radical (unpaired) electrons. The molecule has 6 N–H and O–H groups in total. The Labute approximate surface area is 366 Å². The largest absolute Gasteiger partial charge is 0.393 e. The zero-order valence-electron chi connectivity index (χ0n) is 39.3. The van der Waals surface area contributed by atoms with Gasteiger partial charge in [0.15, 0.2) is 0 Å². The van der Waals surface area contributed by atoms with Gasteiger partial charge in [-0.1, -0.05) is 87.4 Å². The molecule has 6 nitrogen and oxygen atoms in total. The summed E-state index contributed by atoms with van der Waals surface area (Å²) >= 11 is 0. The van der Waals surface area contributed by atoms with Crippen LogP contribution in [0.2, 0.25) is 0 Å². The Morgan fingerprint density at radius 1 is 0.583 bits per heavy atom. The summed E-state index contributed by atoms with van der Waals surface area (Å²) in [5.74, 6) is 3.78. The first-order valence-electron chi connectivity index (χ1n) is 24.4.